The van der Waals surface area contributed by atoms with Gasteiger partial charge in [-0.25, -0.2) is 4.98 Å². The quantitative estimate of drug-likeness (QED) is 0.860. The summed E-state index contributed by atoms with van der Waals surface area (Å²) in [5.41, 5.74) is 8.09. The van der Waals surface area contributed by atoms with Crippen LogP contribution in [0, 0.1) is 6.92 Å². The van der Waals surface area contributed by atoms with Crippen LogP contribution in [0.15, 0.2) is 42.6 Å². The first-order valence-corrected chi connectivity index (χ1v) is 7.47. The highest BCUT2D eigenvalue weighted by Crippen LogP contribution is 2.20. The maximum absolute atomic E-state index is 12.7. The minimum Gasteiger partial charge on any atom is -0.398 e. The van der Waals surface area contributed by atoms with Crippen molar-refractivity contribution in [3.8, 4) is 0 Å². The molecular formula is C17H20N4O. The van der Waals surface area contributed by atoms with Gasteiger partial charge in [0, 0.05) is 38.1 Å². The molecule has 0 atom stereocenters. The summed E-state index contributed by atoms with van der Waals surface area (Å²) in [5, 5.41) is 0. The number of hydrogen-bond donors (Lipinski definition) is 1. The maximum atomic E-state index is 12.7. The molecule has 1 amide bonds. The van der Waals surface area contributed by atoms with E-state index < -0.39 is 0 Å². The highest BCUT2D eigenvalue weighted by molar-refractivity contribution is 6.00. The molecule has 5 heteroatoms. The number of rotatable bonds is 2. The zero-order chi connectivity index (χ0) is 15.5. The minimum atomic E-state index is 0.0243. The lowest BCUT2D eigenvalue weighted by Gasteiger charge is -2.35. The summed E-state index contributed by atoms with van der Waals surface area (Å²) >= 11 is 0. The first-order chi connectivity index (χ1) is 10.7. The molecule has 1 fully saturated rings. The van der Waals surface area contributed by atoms with Crippen LogP contribution < -0.4 is 10.6 Å². The highest BCUT2D eigenvalue weighted by atomic mass is 16.2. The van der Waals surface area contributed by atoms with Crippen LogP contribution in [0.1, 0.15) is 15.9 Å². The van der Waals surface area contributed by atoms with Crippen LogP contribution in [0.25, 0.3) is 0 Å². The number of anilines is 2. The van der Waals surface area contributed by atoms with Gasteiger partial charge >= 0.3 is 0 Å². The van der Waals surface area contributed by atoms with E-state index in [0.717, 1.165) is 24.5 Å². The second-order valence-corrected chi connectivity index (χ2v) is 5.51. The largest absolute Gasteiger partial charge is 0.398 e. The van der Waals surface area contributed by atoms with Crippen LogP contribution in [-0.4, -0.2) is 42.0 Å². The van der Waals surface area contributed by atoms with Crippen molar-refractivity contribution in [2.45, 2.75) is 6.92 Å². The van der Waals surface area contributed by atoms with Crippen molar-refractivity contribution >= 4 is 17.4 Å². The standard InChI is InChI=1S/C17H20N4O/c1-13-5-4-6-14(18)16(13)17(22)21-11-9-20(10-12-21)15-7-2-3-8-19-15/h2-8H,9-12,18H2,1H3. The van der Waals surface area contributed by atoms with Gasteiger partial charge in [0.1, 0.15) is 5.82 Å². The molecule has 1 aromatic carbocycles. The Balaban J connectivity index is 1.70. The second-order valence-electron chi connectivity index (χ2n) is 5.51. The van der Waals surface area contributed by atoms with E-state index in [1.54, 1.807) is 12.3 Å². The average molecular weight is 296 g/mol. The maximum Gasteiger partial charge on any atom is 0.256 e. The van der Waals surface area contributed by atoms with Gasteiger partial charge in [0.25, 0.3) is 5.91 Å². The molecule has 0 radical (unpaired) electrons. The Labute approximate surface area is 130 Å². The van der Waals surface area contributed by atoms with E-state index in [4.69, 9.17) is 5.73 Å². The van der Waals surface area contributed by atoms with E-state index in [2.05, 4.69) is 9.88 Å². The van der Waals surface area contributed by atoms with E-state index in [9.17, 15) is 4.79 Å². The third-order valence-corrected chi connectivity index (χ3v) is 4.06. The topological polar surface area (TPSA) is 62.5 Å². The molecule has 114 valence electrons. The molecule has 0 aliphatic carbocycles. The summed E-state index contributed by atoms with van der Waals surface area (Å²) in [4.78, 5) is 21.1. The van der Waals surface area contributed by atoms with Gasteiger partial charge in [-0.2, -0.15) is 0 Å². The molecular weight excluding hydrogens is 276 g/mol. The van der Waals surface area contributed by atoms with E-state index in [0.29, 0.717) is 24.3 Å². The number of piperazine rings is 1. The number of pyridine rings is 1. The van der Waals surface area contributed by atoms with Gasteiger partial charge in [0.05, 0.1) is 5.56 Å². The SMILES string of the molecule is Cc1cccc(N)c1C(=O)N1CCN(c2ccccn2)CC1. The minimum absolute atomic E-state index is 0.0243. The third kappa shape index (κ3) is 2.74. The van der Waals surface area contributed by atoms with Crippen LogP contribution in [0.5, 0.6) is 0 Å². The molecule has 0 spiro atoms. The number of carbonyl (C=O) groups is 1. The number of aromatic nitrogens is 1. The Bertz CT molecular complexity index is 643. The van der Waals surface area contributed by atoms with Crippen LogP contribution in [0.4, 0.5) is 11.5 Å². The fourth-order valence-corrected chi connectivity index (χ4v) is 2.82. The predicted molar refractivity (Wildman–Crippen MR) is 87.9 cm³/mol. The summed E-state index contributed by atoms with van der Waals surface area (Å²) in [6.07, 6.45) is 1.79. The van der Waals surface area contributed by atoms with Crippen molar-refractivity contribution in [3.05, 3.63) is 53.7 Å². The first kappa shape index (κ1) is 14.4. The number of nitrogens with two attached hydrogens (primary N) is 1. The lowest BCUT2D eigenvalue weighted by atomic mass is 10.0. The van der Waals surface area contributed by atoms with Gasteiger partial charge < -0.3 is 15.5 Å². The number of carbonyl (C=O) groups excluding carboxylic acids is 1. The van der Waals surface area contributed by atoms with Crippen LogP contribution in [-0.2, 0) is 0 Å². The zero-order valence-electron chi connectivity index (χ0n) is 12.7. The normalized spacial score (nSPS) is 15.0. The molecule has 1 aromatic heterocycles. The highest BCUT2D eigenvalue weighted by Gasteiger charge is 2.24. The number of hydrogen-bond acceptors (Lipinski definition) is 4. The summed E-state index contributed by atoms with van der Waals surface area (Å²) in [6, 6.07) is 11.5. The van der Waals surface area contributed by atoms with Gasteiger partial charge in [-0.05, 0) is 30.7 Å². The molecule has 0 unspecified atom stereocenters. The molecule has 1 aliphatic heterocycles. The lowest BCUT2D eigenvalue weighted by molar-refractivity contribution is 0.0747. The Morgan fingerprint density at radius 3 is 2.50 bits per heavy atom. The van der Waals surface area contributed by atoms with E-state index in [1.165, 1.54) is 0 Å². The van der Waals surface area contributed by atoms with Gasteiger partial charge in [-0.1, -0.05) is 18.2 Å². The Morgan fingerprint density at radius 2 is 1.86 bits per heavy atom. The van der Waals surface area contributed by atoms with Crippen molar-refractivity contribution in [2.24, 2.45) is 0 Å². The summed E-state index contributed by atoms with van der Waals surface area (Å²) < 4.78 is 0. The van der Waals surface area contributed by atoms with Crippen molar-refractivity contribution in [1.82, 2.24) is 9.88 Å². The molecule has 0 bridgehead atoms. The molecule has 1 aliphatic rings. The van der Waals surface area contributed by atoms with Gasteiger partial charge in [0.2, 0.25) is 0 Å². The lowest BCUT2D eigenvalue weighted by Crippen LogP contribution is -2.49. The fourth-order valence-electron chi connectivity index (χ4n) is 2.82. The monoisotopic (exact) mass is 296 g/mol. The second kappa shape index (κ2) is 6.05. The molecule has 2 aromatic rings. The number of nitrogen functional groups attached to an aromatic ring is 1. The molecule has 2 N–H and O–H groups in total. The number of benzene rings is 1. The van der Waals surface area contributed by atoms with Gasteiger partial charge in [-0.15, -0.1) is 0 Å². The van der Waals surface area contributed by atoms with Crippen LogP contribution in [0.3, 0.4) is 0 Å². The molecule has 2 heterocycles. The molecule has 5 nitrogen and oxygen atoms in total. The molecule has 3 rings (SSSR count). The molecule has 22 heavy (non-hydrogen) atoms. The average Bonchev–Trinajstić information content (AvgIpc) is 2.55. The van der Waals surface area contributed by atoms with E-state index in [1.807, 2.05) is 42.2 Å². The van der Waals surface area contributed by atoms with Crippen molar-refractivity contribution < 1.29 is 4.79 Å². The van der Waals surface area contributed by atoms with E-state index in [-0.39, 0.29) is 5.91 Å². The van der Waals surface area contributed by atoms with Gasteiger partial charge in [-0.3, -0.25) is 4.79 Å². The summed E-state index contributed by atoms with van der Waals surface area (Å²) in [7, 11) is 0. The summed E-state index contributed by atoms with van der Waals surface area (Å²) in [6.45, 7) is 4.86. The molecule has 1 saturated heterocycles. The smallest absolute Gasteiger partial charge is 0.256 e. The number of amides is 1. The fraction of sp³-hybridized carbons (Fsp3) is 0.294. The van der Waals surface area contributed by atoms with Crippen LogP contribution >= 0.6 is 0 Å². The predicted octanol–water partition coefficient (Wildman–Crippen LogP) is 1.93. The van der Waals surface area contributed by atoms with Crippen molar-refractivity contribution in [1.29, 1.82) is 0 Å². The number of aryl methyl sites for hydroxylation is 1. The Kier molecular flexibility index (Phi) is 3.96. The van der Waals surface area contributed by atoms with Crippen molar-refractivity contribution in [2.75, 3.05) is 36.8 Å². The third-order valence-electron chi connectivity index (χ3n) is 4.06. The van der Waals surface area contributed by atoms with Crippen molar-refractivity contribution in [3.63, 3.8) is 0 Å². The number of nitrogens with zero attached hydrogens (tertiary/aromatic N) is 3. The first-order valence-electron chi connectivity index (χ1n) is 7.47. The van der Waals surface area contributed by atoms with Gasteiger partial charge in [0.15, 0.2) is 0 Å². The Hall–Kier alpha value is -2.56. The van der Waals surface area contributed by atoms with Crippen LogP contribution in [0.2, 0.25) is 0 Å². The Morgan fingerprint density at radius 1 is 1.09 bits per heavy atom. The zero-order valence-corrected chi connectivity index (χ0v) is 12.7. The van der Waals surface area contributed by atoms with E-state index >= 15 is 0 Å². The molecule has 0 saturated carbocycles. The summed E-state index contributed by atoms with van der Waals surface area (Å²) in [5.74, 6) is 0.987.